The van der Waals surface area contributed by atoms with Crippen molar-refractivity contribution in [1.82, 2.24) is 9.03 Å². The molecule has 28 heavy (non-hydrogen) atoms. The van der Waals surface area contributed by atoms with Gasteiger partial charge in [-0.05, 0) is 36.8 Å². The van der Waals surface area contributed by atoms with E-state index < -0.39 is 26.0 Å². The molecule has 0 amide bonds. The van der Waals surface area contributed by atoms with Gasteiger partial charge in [-0.2, -0.15) is 0 Å². The molecule has 0 spiro atoms. The topological polar surface area (TPSA) is 123 Å². The van der Waals surface area contributed by atoms with E-state index in [0.29, 0.717) is 5.56 Å². The maximum Gasteiger partial charge on any atom is 0.338 e. The lowest BCUT2D eigenvalue weighted by molar-refractivity contribution is 0.0439. The van der Waals surface area contributed by atoms with Crippen LogP contribution in [-0.2, 0) is 31.4 Å². The highest BCUT2D eigenvalue weighted by Crippen LogP contribution is 2.20. The monoisotopic (exact) mass is 430 g/mol. The fourth-order valence-corrected chi connectivity index (χ4v) is 4.11. The van der Waals surface area contributed by atoms with Gasteiger partial charge in [-0.1, -0.05) is 13.0 Å². The molecule has 0 unspecified atom stereocenters. The van der Waals surface area contributed by atoms with Crippen LogP contribution in [0.2, 0.25) is 0 Å². The largest absolute Gasteiger partial charge is 0.454 e. The standard InChI is InChI=1S/C17H22N2O7S2/c1-5-18-27(21,22)14-8-6-12(2)15(10-14)17(20)25-11-13-7-9-16(26-13)28(23,24)19(3)4/h6-10,18H,5,11H2,1-4H3. The number of esters is 1. The van der Waals surface area contributed by atoms with Crippen LogP contribution in [-0.4, -0.2) is 47.8 Å². The van der Waals surface area contributed by atoms with Crippen LogP contribution in [0.1, 0.15) is 28.6 Å². The van der Waals surface area contributed by atoms with E-state index in [9.17, 15) is 21.6 Å². The molecule has 0 aliphatic rings. The second-order valence-corrected chi connectivity index (χ2v) is 9.91. The van der Waals surface area contributed by atoms with Gasteiger partial charge in [0.1, 0.15) is 12.4 Å². The van der Waals surface area contributed by atoms with Crippen molar-refractivity contribution in [2.24, 2.45) is 0 Å². The number of carbonyl (C=O) groups is 1. The lowest BCUT2D eigenvalue weighted by Gasteiger charge is -2.10. The minimum absolute atomic E-state index is 0.0516. The van der Waals surface area contributed by atoms with Gasteiger partial charge >= 0.3 is 5.97 Å². The first-order valence-electron chi connectivity index (χ1n) is 8.27. The molecule has 0 aliphatic heterocycles. The second kappa shape index (κ2) is 8.43. The number of hydrogen-bond acceptors (Lipinski definition) is 7. The third-order valence-electron chi connectivity index (χ3n) is 3.79. The molecule has 0 saturated heterocycles. The first kappa shape index (κ1) is 22.1. The lowest BCUT2D eigenvalue weighted by atomic mass is 10.1. The SMILES string of the molecule is CCNS(=O)(=O)c1ccc(C)c(C(=O)OCc2ccc(S(=O)(=O)N(C)C)o2)c1. The van der Waals surface area contributed by atoms with Crippen LogP contribution in [0.25, 0.3) is 0 Å². The fraction of sp³-hybridized carbons (Fsp3) is 0.353. The van der Waals surface area contributed by atoms with Crippen molar-refractivity contribution in [2.45, 2.75) is 30.4 Å². The molecule has 154 valence electrons. The van der Waals surface area contributed by atoms with E-state index in [1.165, 1.54) is 44.4 Å². The van der Waals surface area contributed by atoms with Crippen molar-refractivity contribution in [2.75, 3.05) is 20.6 Å². The molecule has 2 aromatic rings. The van der Waals surface area contributed by atoms with Crippen molar-refractivity contribution >= 4 is 26.0 Å². The van der Waals surface area contributed by atoms with Gasteiger partial charge in [0.25, 0.3) is 10.0 Å². The van der Waals surface area contributed by atoms with E-state index in [4.69, 9.17) is 9.15 Å². The molecule has 1 N–H and O–H groups in total. The second-order valence-electron chi connectivity index (χ2n) is 6.06. The minimum atomic E-state index is -3.73. The Morgan fingerprint density at radius 1 is 1.14 bits per heavy atom. The highest BCUT2D eigenvalue weighted by atomic mass is 32.2. The third kappa shape index (κ3) is 4.79. The fourth-order valence-electron chi connectivity index (χ4n) is 2.23. The van der Waals surface area contributed by atoms with E-state index in [-0.39, 0.29) is 34.5 Å². The lowest BCUT2D eigenvalue weighted by Crippen LogP contribution is -2.23. The highest BCUT2D eigenvalue weighted by Gasteiger charge is 2.22. The maximum atomic E-state index is 12.4. The Hall–Kier alpha value is -2.21. The Kier molecular flexibility index (Phi) is 6.65. The number of nitrogens with one attached hydrogen (secondary N) is 1. The molecule has 2 rings (SSSR count). The van der Waals surface area contributed by atoms with Crippen LogP contribution in [0, 0.1) is 6.92 Å². The molecule has 0 bridgehead atoms. The zero-order chi connectivity index (χ0) is 21.1. The van der Waals surface area contributed by atoms with Crippen LogP contribution in [0.4, 0.5) is 0 Å². The van der Waals surface area contributed by atoms with E-state index in [0.717, 1.165) is 4.31 Å². The Morgan fingerprint density at radius 2 is 1.82 bits per heavy atom. The van der Waals surface area contributed by atoms with Crippen LogP contribution in [0.15, 0.2) is 44.7 Å². The number of nitrogens with zero attached hydrogens (tertiary/aromatic N) is 1. The normalized spacial score (nSPS) is 12.3. The Balaban J connectivity index is 2.17. The van der Waals surface area contributed by atoms with Crippen molar-refractivity contribution in [3.63, 3.8) is 0 Å². The molecule has 1 aromatic carbocycles. The summed E-state index contributed by atoms with van der Waals surface area (Å²) >= 11 is 0. The van der Waals surface area contributed by atoms with Gasteiger partial charge in [-0.25, -0.2) is 30.7 Å². The molecule has 0 radical (unpaired) electrons. The summed E-state index contributed by atoms with van der Waals surface area (Å²) in [6.07, 6.45) is 0. The zero-order valence-corrected chi connectivity index (χ0v) is 17.6. The minimum Gasteiger partial charge on any atom is -0.454 e. The first-order chi connectivity index (χ1) is 13.0. The molecule has 0 saturated carbocycles. The van der Waals surface area contributed by atoms with E-state index in [1.54, 1.807) is 13.8 Å². The molecule has 0 aliphatic carbocycles. The average Bonchev–Trinajstić information content (AvgIpc) is 3.09. The van der Waals surface area contributed by atoms with Crippen molar-refractivity contribution in [1.29, 1.82) is 0 Å². The van der Waals surface area contributed by atoms with Crippen molar-refractivity contribution in [3.8, 4) is 0 Å². The number of rotatable bonds is 8. The van der Waals surface area contributed by atoms with Gasteiger partial charge in [0.05, 0.1) is 10.5 Å². The summed E-state index contributed by atoms with van der Waals surface area (Å²) in [6.45, 7) is 3.21. The number of furan rings is 1. The summed E-state index contributed by atoms with van der Waals surface area (Å²) in [5.74, 6) is -0.609. The van der Waals surface area contributed by atoms with Crippen LogP contribution >= 0.6 is 0 Å². The number of carbonyl (C=O) groups excluding carboxylic acids is 1. The van der Waals surface area contributed by atoms with Crippen molar-refractivity contribution in [3.05, 3.63) is 47.2 Å². The first-order valence-corrected chi connectivity index (χ1v) is 11.2. The molecule has 0 atom stereocenters. The summed E-state index contributed by atoms with van der Waals surface area (Å²) in [4.78, 5) is 12.3. The molecule has 0 fully saturated rings. The molecule has 9 nitrogen and oxygen atoms in total. The summed E-state index contributed by atoms with van der Waals surface area (Å²) in [5, 5.41) is -0.265. The van der Waals surface area contributed by atoms with Gasteiger partial charge in [0, 0.05) is 20.6 Å². The summed E-state index contributed by atoms with van der Waals surface area (Å²) < 4.78 is 61.9. The number of hydrogen-bond donors (Lipinski definition) is 1. The van der Waals surface area contributed by atoms with Crippen LogP contribution in [0.5, 0.6) is 0 Å². The summed E-state index contributed by atoms with van der Waals surface area (Å²) in [7, 11) is -4.71. The predicted octanol–water partition coefficient (Wildman–Crippen LogP) is 1.49. The summed E-state index contributed by atoms with van der Waals surface area (Å²) in [5.41, 5.74) is 0.627. The Morgan fingerprint density at radius 3 is 2.43 bits per heavy atom. The quantitative estimate of drug-likeness (QED) is 0.630. The predicted molar refractivity (Wildman–Crippen MR) is 101 cm³/mol. The van der Waals surface area contributed by atoms with Gasteiger partial charge in [-0.3, -0.25) is 0 Å². The van der Waals surface area contributed by atoms with Gasteiger partial charge < -0.3 is 9.15 Å². The molecular formula is C17H22N2O7S2. The number of ether oxygens (including phenoxy) is 1. The number of benzene rings is 1. The molecule has 1 heterocycles. The number of aryl methyl sites for hydroxylation is 1. The van der Waals surface area contributed by atoms with Gasteiger partial charge in [-0.15, -0.1) is 0 Å². The highest BCUT2D eigenvalue weighted by molar-refractivity contribution is 7.89. The third-order valence-corrected chi connectivity index (χ3v) is 7.02. The van der Waals surface area contributed by atoms with E-state index in [2.05, 4.69) is 4.72 Å². The van der Waals surface area contributed by atoms with E-state index in [1.807, 2.05) is 0 Å². The molecular weight excluding hydrogens is 408 g/mol. The molecule has 11 heteroatoms. The number of sulfonamides is 2. The smallest absolute Gasteiger partial charge is 0.338 e. The van der Waals surface area contributed by atoms with Crippen LogP contribution in [0.3, 0.4) is 0 Å². The average molecular weight is 431 g/mol. The molecule has 1 aromatic heterocycles. The van der Waals surface area contributed by atoms with Crippen molar-refractivity contribution < 1.29 is 30.8 Å². The van der Waals surface area contributed by atoms with Gasteiger partial charge in [0.15, 0.2) is 0 Å². The Labute approximate surface area is 164 Å². The van der Waals surface area contributed by atoms with Crippen LogP contribution < -0.4 is 4.72 Å². The summed E-state index contributed by atoms with van der Waals surface area (Å²) in [6, 6.07) is 6.81. The van der Waals surface area contributed by atoms with E-state index >= 15 is 0 Å². The maximum absolute atomic E-state index is 12.4. The Bertz CT molecular complexity index is 1070. The van der Waals surface area contributed by atoms with Gasteiger partial charge in [0.2, 0.25) is 15.1 Å². The zero-order valence-electron chi connectivity index (χ0n) is 15.9.